The summed E-state index contributed by atoms with van der Waals surface area (Å²) in [6.45, 7) is 0. The fraction of sp³-hybridized carbons (Fsp3) is 0.0625. The molecule has 0 unspecified atom stereocenters. The highest BCUT2D eigenvalue weighted by atomic mass is 16.5. The smallest absolute Gasteiger partial charge is 0.236 e. The van der Waals surface area contributed by atoms with Crippen molar-refractivity contribution in [3.63, 3.8) is 0 Å². The van der Waals surface area contributed by atoms with E-state index in [2.05, 4.69) is 11.8 Å². The predicted octanol–water partition coefficient (Wildman–Crippen LogP) is 2.93. The van der Waals surface area contributed by atoms with Crippen LogP contribution in [-0.2, 0) is 0 Å². The van der Waals surface area contributed by atoms with Crippen LogP contribution in [0.4, 0.5) is 0 Å². The van der Waals surface area contributed by atoms with Crippen molar-refractivity contribution in [2.24, 2.45) is 0 Å². The number of ether oxygens (including phenoxy) is 1. The van der Waals surface area contributed by atoms with E-state index in [4.69, 9.17) is 4.74 Å². The minimum atomic E-state index is -0.182. The first kappa shape index (κ1) is 11.9. The molecule has 0 spiro atoms. The molecule has 18 heavy (non-hydrogen) atoms. The molecule has 0 aliphatic carbocycles. The van der Waals surface area contributed by atoms with E-state index >= 15 is 0 Å². The number of methoxy groups -OCH3 is 1. The molecule has 0 aliphatic heterocycles. The van der Waals surface area contributed by atoms with Gasteiger partial charge in [0, 0.05) is 11.1 Å². The number of hydrogen-bond donors (Lipinski definition) is 0. The van der Waals surface area contributed by atoms with Crippen molar-refractivity contribution < 1.29 is 9.53 Å². The lowest BCUT2D eigenvalue weighted by molar-refractivity contribution is 0.105. The summed E-state index contributed by atoms with van der Waals surface area (Å²) in [5.74, 6) is 6.01. The van der Waals surface area contributed by atoms with Crippen molar-refractivity contribution in [1.29, 1.82) is 0 Å². The van der Waals surface area contributed by atoms with Gasteiger partial charge in [-0.3, -0.25) is 4.79 Å². The van der Waals surface area contributed by atoms with Crippen LogP contribution in [-0.4, -0.2) is 12.9 Å². The molecule has 2 aromatic rings. The SMILES string of the molecule is COc1cccc(C#CC(=O)c2ccccc2)c1. The van der Waals surface area contributed by atoms with Gasteiger partial charge in [0.15, 0.2) is 0 Å². The Balaban J connectivity index is 2.19. The van der Waals surface area contributed by atoms with Crippen LogP contribution in [0, 0.1) is 11.8 Å². The van der Waals surface area contributed by atoms with Crippen molar-refractivity contribution in [3.8, 4) is 17.6 Å². The minimum Gasteiger partial charge on any atom is -0.497 e. The maximum absolute atomic E-state index is 11.8. The van der Waals surface area contributed by atoms with Gasteiger partial charge in [-0.15, -0.1) is 0 Å². The molecule has 2 heteroatoms. The van der Waals surface area contributed by atoms with E-state index in [1.54, 1.807) is 25.3 Å². The molecule has 2 aromatic carbocycles. The maximum Gasteiger partial charge on any atom is 0.236 e. The molecule has 0 N–H and O–H groups in total. The molecule has 0 amide bonds. The Kier molecular flexibility index (Phi) is 3.78. The molecule has 2 nitrogen and oxygen atoms in total. The third kappa shape index (κ3) is 2.99. The summed E-state index contributed by atoms with van der Waals surface area (Å²) in [7, 11) is 1.60. The maximum atomic E-state index is 11.8. The zero-order chi connectivity index (χ0) is 12.8. The third-order valence-electron chi connectivity index (χ3n) is 2.43. The van der Waals surface area contributed by atoms with Crippen LogP contribution in [0.3, 0.4) is 0 Å². The summed E-state index contributed by atoms with van der Waals surface area (Å²) in [6, 6.07) is 16.3. The second-order valence-electron chi connectivity index (χ2n) is 3.68. The summed E-state index contributed by atoms with van der Waals surface area (Å²) in [5, 5.41) is 0. The van der Waals surface area contributed by atoms with E-state index in [0.29, 0.717) is 5.56 Å². The second-order valence-corrected chi connectivity index (χ2v) is 3.68. The molecule has 0 heterocycles. The lowest BCUT2D eigenvalue weighted by atomic mass is 10.1. The van der Waals surface area contributed by atoms with Crippen LogP contribution in [0.25, 0.3) is 0 Å². The Bertz CT molecular complexity index is 604. The number of ketones is 1. The number of Topliss-reactive ketones (excluding diaryl/α,β-unsaturated/α-hetero) is 1. The number of hydrogen-bond acceptors (Lipinski definition) is 2. The van der Waals surface area contributed by atoms with E-state index in [9.17, 15) is 4.79 Å². The van der Waals surface area contributed by atoms with Gasteiger partial charge in [-0.2, -0.15) is 0 Å². The fourth-order valence-corrected chi connectivity index (χ4v) is 1.49. The van der Waals surface area contributed by atoms with E-state index in [0.717, 1.165) is 11.3 Å². The molecule has 88 valence electrons. The van der Waals surface area contributed by atoms with Crippen LogP contribution in [0.2, 0.25) is 0 Å². The van der Waals surface area contributed by atoms with Gasteiger partial charge in [-0.1, -0.05) is 42.3 Å². The van der Waals surface area contributed by atoms with E-state index < -0.39 is 0 Å². The van der Waals surface area contributed by atoms with Crippen molar-refractivity contribution in [2.75, 3.05) is 7.11 Å². The standard InChI is InChI=1S/C16H12O2/c1-18-15-9-5-6-13(12-15)10-11-16(17)14-7-3-2-4-8-14/h2-9,12H,1H3. The van der Waals surface area contributed by atoms with Crippen LogP contribution in [0.1, 0.15) is 15.9 Å². The second kappa shape index (κ2) is 5.70. The topological polar surface area (TPSA) is 26.3 Å². The zero-order valence-electron chi connectivity index (χ0n) is 10.0. The van der Waals surface area contributed by atoms with Gasteiger partial charge in [0.25, 0.3) is 0 Å². The highest BCUT2D eigenvalue weighted by Crippen LogP contribution is 2.11. The van der Waals surface area contributed by atoms with Crippen molar-refractivity contribution in [2.45, 2.75) is 0 Å². The highest BCUT2D eigenvalue weighted by Gasteiger charge is 1.99. The van der Waals surface area contributed by atoms with Crippen molar-refractivity contribution in [1.82, 2.24) is 0 Å². The first-order chi connectivity index (χ1) is 8.79. The van der Waals surface area contributed by atoms with E-state index in [1.807, 2.05) is 36.4 Å². The molecule has 0 atom stereocenters. The zero-order valence-corrected chi connectivity index (χ0v) is 10.0. The summed E-state index contributed by atoms with van der Waals surface area (Å²) in [5.41, 5.74) is 1.37. The van der Waals surface area contributed by atoms with Crippen molar-refractivity contribution in [3.05, 3.63) is 65.7 Å². The molecule has 0 fully saturated rings. The Morgan fingerprint density at radius 3 is 2.56 bits per heavy atom. The minimum absolute atomic E-state index is 0.182. The van der Waals surface area contributed by atoms with Crippen molar-refractivity contribution >= 4 is 5.78 Å². The van der Waals surface area contributed by atoms with E-state index in [-0.39, 0.29) is 5.78 Å². The number of rotatable bonds is 2. The summed E-state index contributed by atoms with van der Waals surface area (Å²) < 4.78 is 5.09. The van der Waals surface area contributed by atoms with Crippen LogP contribution in [0.15, 0.2) is 54.6 Å². The third-order valence-corrected chi connectivity index (χ3v) is 2.43. The van der Waals surface area contributed by atoms with Gasteiger partial charge in [0.2, 0.25) is 5.78 Å². The number of carbonyl (C=O) groups is 1. The van der Waals surface area contributed by atoms with Gasteiger partial charge in [-0.25, -0.2) is 0 Å². The highest BCUT2D eigenvalue weighted by molar-refractivity contribution is 6.09. The average molecular weight is 236 g/mol. The largest absolute Gasteiger partial charge is 0.497 e. The summed E-state index contributed by atoms with van der Waals surface area (Å²) >= 11 is 0. The molecular weight excluding hydrogens is 224 g/mol. The number of carbonyl (C=O) groups excluding carboxylic acids is 1. The Labute approximate surface area is 106 Å². The lowest BCUT2D eigenvalue weighted by Gasteiger charge is -1.98. The van der Waals surface area contributed by atoms with Crippen LogP contribution in [0.5, 0.6) is 5.75 Å². The molecule has 0 aliphatic rings. The monoisotopic (exact) mass is 236 g/mol. The fourth-order valence-electron chi connectivity index (χ4n) is 1.49. The average Bonchev–Trinajstić information content (AvgIpc) is 2.46. The lowest BCUT2D eigenvalue weighted by Crippen LogP contribution is -1.93. The van der Waals surface area contributed by atoms with Gasteiger partial charge in [0.1, 0.15) is 5.75 Å². The normalized spacial score (nSPS) is 9.17. The number of benzene rings is 2. The van der Waals surface area contributed by atoms with Gasteiger partial charge >= 0.3 is 0 Å². The molecule has 0 saturated carbocycles. The molecule has 0 radical (unpaired) electrons. The Hall–Kier alpha value is -2.53. The molecular formula is C16H12O2. The molecule has 0 aromatic heterocycles. The van der Waals surface area contributed by atoms with Gasteiger partial charge < -0.3 is 4.74 Å². The predicted molar refractivity (Wildman–Crippen MR) is 70.6 cm³/mol. The molecule has 0 bridgehead atoms. The summed E-state index contributed by atoms with van der Waals surface area (Å²) in [6.07, 6.45) is 0. The van der Waals surface area contributed by atoms with Gasteiger partial charge in [-0.05, 0) is 24.1 Å². The summed E-state index contributed by atoms with van der Waals surface area (Å²) in [4.78, 5) is 11.8. The first-order valence-electron chi connectivity index (χ1n) is 5.55. The van der Waals surface area contributed by atoms with E-state index in [1.165, 1.54) is 0 Å². The van der Waals surface area contributed by atoms with Crippen LogP contribution >= 0.6 is 0 Å². The Morgan fingerprint density at radius 2 is 1.83 bits per heavy atom. The molecule has 0 saturated heterocycles. The Morgan fingerprint density at radius 1 is 1.06 bits per heavy atom. The quantitative estimate of drug-likeness (QED) is 0.592. The first-order valence-corrected chi connectivity index (χ1v) is 5.55. The van der Waals surface area contributed by atoms with Crippen LogP contribution < -0.4 is 4.74 Å². The molecule has 2 rings (SSSR count). The van der Waals surface area contributed by atoms with Gasteiger partial charge in [0.05, 0.1) is 7.11 Å².